The van der Waals surface area contributed by atoms with Crippen molar-refractivity contribution in [2.75, 3.05) is 18.9 Å². The van der Waals surface area contributed by atoms with Gasteiger partial charge in [0.15, 0.2) is 5.78 Å². The van der Waals surface area contributed by atoms with Crippen LogP contribution < -0.4 is 5.32 Å². The molecular formula is C18H19ClN2O4S. The molecule has 0 aliphatic carbocycles. The number of amides is 1. The second-order valence-corrected chi connectivity index (χ2v) is 8.33. The summed E-state index contributed by atoms with van der Waals surface area (Å²) >= 11 is 5.87. The lowest BCUT2D eigenvalue weighted by Gasteiger charge is -2.17. The quantitative estimate of drug-likeness (QED) is 0.763. The zero-order valence-electron chi connectivity index (χ0n) is 14.6. The number of nitrogens with one attached hydrogen (secondary N) is 1. The summed E-state index contributed by atoms with van der Waals surface area (Å²) < 4.78 is 26.1. The Kier molecular flexibility index (Phi) is 6.17. The number of hydrogen-bond acceptors (Lipinski definition) is 4. The lowest BCUT2D eigenvalue weighted by Crippen LogP contribution is -2.35. The first-order valence-electron chi connectivity index (χ1n) is 7.74. The second-order valence-electron chi connectivity index (χ2n) is 5.85. The lowest BCUT2D eigenvalue weighted by atomic mass is 10.2. The Bertz CT molecular complexity index is 940. The highest BCUT2D eigenvalue weighted by Crippen LogP contribution is 2.20. The molecule has 0 saturated heterocycles. The van der Waals surface area contributed by atoms with E-state index in [1.807, 2.05) is 0 Å². The van der Waals surface area contributed by atoms with Crippen molar-refractivity contribution < 1.29 is 18.0 Å². The third-order valence-electron chi connectivity index (χ3n) is 3.80. The van der Waals surface area contributed by atoms with Crippen molar-refractivity contribution in [2.45, 2.75) is 18.7 Å². The van der Waals surface area contributed by atoms with E-state index in [1.165, 1.54) is 38.2 Å². The molecule has 1 amide bonds. The fraction of sp³-hybridized carbons (Fsp3) is 0.222. The predicted octanol–water partition coefficient (Wildman–Crippen LogP) is 3.11. The summed E-state index contributed by atoms with van der Waals surface area (Å²) in [6, 6.07) is 10.6. The van der Waals surface area contributed by atoms with Gasteiger partial charge in [-0.05, 0) is 49.7 Å². The van der Waals surface area contributed by atoms with E-state index in [1.54, 1.807) is 25.1 Å². The minimum Gasteiger partial charge on any atom is -0.325 e. The Balaban J connectivity index is 2.10. The van der Waals surface area contributed by atoms with Crippen LogP contribution in [0.2, 0.25) is 5.02 Å². The van der Waals surface area contributed by atoms with Gasteiger partial charge in [-0.2, -0.15) is 4.31 Å². The average Bonchev–Trinajstić information content (AvgIpc) is 2.57. The van der Waals surface area contributed by atoms with Gasteiger partial charge in [0.2, 0.25) is 15.9 Å². The molecule has 0 heterocycles. The van der Waals surface area contributed by atoms with E-state index < -0.39 is 15.9 Å². The molecule has 0 aliphatic rings. The van der Waals surface area contributed by atoms with Gasteiger partial charge in [-0.3, -0.25) is 9.59 Å². The van der Waals surface area contributed by atoms with Crippen LogP contribution in [-0.4, -0.2) is 38.0 Å². The molecule has 6 nitrogen and oxygen atoms in total. The molecule has 0 aromatic heterocycles. The van der Waals surface area contributed by atoms with Crippen molar-refractivity contribution >= 4 is 39.0 Å². The molecule has 0 fully saturated rings. The van der Waals surface area contributed by atoms with Crippen molar-refractivity contribution in [3.05, 3.63) is 58.6 Å². The number of anilines is 1. The highest BCUT2D eigenvalue weighted by molar-refractivity contribution is 7.89. The third-order valence-corrected chi connectivity index (χ3v) is 5.85. The van der Waals surface area contributed by atoms with Crippen LogP contribution in [0, 0.1) is 6.92 Å². The Morgan fingerprint density at radius 3 is 2.27 bits per heavy atom. The number of carbonyl (C=O) groups is 2. The molecule has 0 bridgehead atoms. The van der Waals surface area contributed by atoms with E-state index >= 15 is 0 Å². The van der Waals surface area contributed by atoms with Gasteiger partial charge in [0.1, 0.15) is 0 Å². The molecule has 1 N–H and O–H groups in total. The molecule has 0 unspecified atom stereocenters. The van der Waals surface area contributed by atoms with E-state index in [0.29, 0.717) is 16.3 Å². The molecule has 2 aromatic rings. The molecule has 0 saturated carbocycles. The molecule has 2 aromatic carbocycles. The minimum atomic E-state index is -3.85. The Morgan fingerprint density at radius 2 is 1.73 bits per heavy atom. The SMILES string of the molecule is CC(=O)c1ccc(S(=O)(=O)N(C)CC(=O)Nc2ccc(Cl)cc2C)cc1. The Morgan fingerprint density at radius 1 is 1.12 bits per heavy atom. The minimum absolute atomic E-state index is 0.0143. The van der Waals surface area contributed by atoms with E-state index in [0.717, 1.165) is 9.87 Å². The Hall–Kier alpha value is -2.22. The van der Waals surface area contributed by atoms with Crippen molar-refractivity contribution in [1.82, 2.24) is 4.31 Å². The van der Waals surface area contributed by atoms with Crippen molar-refractivity contribution in [3.63, 3.8) is 0 Å². The molecule has 0 spiro atoms. The van der Waals surface area contributed by atoms with Gasteiger partial charge < -0.3 is 5.32 Å². The van der Waals surface area contributed by atoms with Gasteiger partial charge in [0.25, 0.3) is 0 Å². The average molecular weight is 395 g/mol. The summed E-state index contributed by atoms with van der Waals surface area (Å²) in [5, 5.41) is 3.22. The maximum atomic E-state index is 12.6. The highest BCUT2D eigenvalue weighted by atomic mass is 35.5. The topological polar surface area (TPSA) is 83.6 Å². The van der Waals surface area contributed by atoms with Crippen molar-refractivity contribution in [2.24, 2.45) is 0 Å². The molecule has 0 aliphatic heterocycles. The number of nitrogens with zero attached hydrogens (tertiary/aromatic N) is 1. The highest BCUT2D eigenvalue weighted by Gasteiger charge is 2.23. The van der Waals surface area contributed by atoms with Crippen molar-refractivity contribution in [3.8, 4) is 0 Å². The number of hydrogen-bond donors (Lipinski definition) is 1. The number of carbonyl (C=O) groups excluding carboxylic acids is 2. The number of sulfonamides is 1. The molecule has 138 valence electrons. The van der Waals surface area contributed by atoms with Gasteiger partial charge in [-0.25, -0.2) is 8.42 Å². The first kappa shape index (κ1) is 20.1. The number of rotatable bonds is 6. The number of aryl methyl sites for hydroxylation is 1. The van der Waals surface area contributed by atoms with Crippen LogP contribution >= 0.6 is 11.6 Å². The largest absolute Gasteiger partial charge is 0.325 e. The van der Waals surface area contributed by atoms with Crippen LogP contribution in [0.5, 0.6) is 0 Å². The van der Waals surface area contributed by atoms with Crippen LogP contribution in [0.15, 0.2) is 47.4 Å². The fourth-order valence-corrected chi connectivity index (χ4v) is 3.64. The maximum Gasteiger partial charge on any atom is 0.243 e. The van der Waals surface area contributed by atoms with Crippen LogP contribution in [0.1, 0.15) is 22.8 Å². The molecule has 26 heavy (non-hydrogen) atoms. The van der Waals surface area contributed by atoms with Gasteiger partial charge in [-0.15, -0.1) is 0 Å². The maximum absolute atomic E-state index is 12.6. The molecule has 0 radical (unpaired) electrons. The summed E-state index contributed by atoms with van der Waals surface area (Å²) in [6.45, 7) is 2.84. The number of likely N-dealkylation sites (N-methyl/N-ethyl adjacent to an activating group) is 1. The molecule has 8 heteroatoms. The number of halogens is 1. The van der Waals surface area contributed by atoms with Crippen LogP contribution in [0.25, 0.3) is 0 Å². The third kappa shape index (κ3) is 4.69. The summed E-state index contributed by atoms with van der Waals surface area (Å²) in [6.07, 6.45) is 0. The molecule has 0 atom stereocenters. The first-order valence-corrected chi connectivity index (χ1v) is 9.56. The van der Waals surface area contributed by atoms with E-state index in [-0.39, 0.29) is 17.2 Å². The number of benzene rings is 2. The standard InChI is InChI=1S/C18H19ClN2O4S/c1-12-10-15(19)6-9-17(12)20-18(23)11-21(3)26(24,25)16-7-4-14(5-8-16)13(2)22/h4-10H,11H2,1-3H3,(H,20,23). The van der Waals surface area contributed by atoms with E-state index in [9.17, 15) is 18.0 Å². The first-order chi connectivity index (χ1) is 12.1. The summed E-state index contributed by atoms with van der Waals surface area (Å²) in [5.74, 6) is -0.623. The van der Waals surface area contributed by atoms with Crippen LogP contribution in [0.4, 0.5) is 5.69 Å². The lowest BCUT2D eigenvalue weighted by molar-refractivity contribution is -0.116. The molecular weight excluding hydrogens is 376 g/mol. The predicted molar refractivity (Wildman–Crippen MR) is 101 cm³/mol. The van der Waals surface area contributed by atoms with E-state index in [2.05, 4.69) is 5.32 Å². The van der Waals surface area contributed by atoms with Crippen LogP contribution in [0.3, 0.4) is 0 Å². The van der Waals surface area contributed by atoms with Gasteiger partial charge in [0, 0.05) is 23.3 Å². The van der Waals surface area contributed by atoms with Gasteiger partial charge in [0.05, 0.1) is 11.4 Å². The van der Waals surface area contributed by atoms with Gasteiger partial charge in [-0.1, -0.05) is 23.7 Å². The fourth-order valence-electron chi connectivity index (χ4n) is 2.29. The zero-order valence-corrected chi connectivity index (χ0v) is 16.2. The zero-order chi connectivity index (χ0) is 19.5. The van der Waals surface area contributed by atoms with Crippen molar-refractivity contribution in [1.29, 1.82) is 0 Å². The monoisotopic (exact) mass is 394 g/mol. The normalized spacial score (nSPS) is 11.4. The van der Waals surface area contributed by atoms with Crippen LogP contribution in [-0.2, 0) is 14.8 Å². The smallest absolute Gasteiger partial charge is 0.243 e. The van der Waals surface area contributed by atoms with Gasteiger partial charge >= 0.3 is 0 Å². The molecule has 2 rings (SSSR count). The summed E-state index contributed by atoms with van der Waals surface area (Å²) in [7, 11) is -2.52. The summed E-state index contributed by atoms with van der Waals surface area (Å²) in [5.41, 5.74) is 1.76. The number of Topliss-reactive ketones (excluding diaryl/α,β-unsaturated/α-hetero) is 1. The summed E-state index contributed by atoms with van der Waals surface area (Å²) in [4.78, 5) is 23.5. The second kappa shape index (κ2) is 7.99. The van der Waals surface area contributed by atoms with E-state index in [4.69, 9.17) is 11.6 Å². The Labute approximate surface area is 157 Å². The number of ketones is 1.